The van der Waals surface area contributed by atoms with Gasteiger partial charge < -0.3 is 9.30 Å². The summed E-state index contributed by atoms with van der Waals surface area (Å²) in [6.45, 7) is 0. The van der Waals surface area contributed by atoms with Crippen LogP contribution in [-0.4, -0.2) is 4.57 Å². The molecule has 196 valence electrons. The average molecular weight is 536 g/mol. The number of rotatable bonds is 3. The summed E-state index contributed by atoms with van der Waals surface area (Å²) in [7, 11) is 0. The highest BCUT2D eigenvalue weighted by Crippen LogP contribution is 2.47. The van der Waals surface area contributed by atoms with Crippen molar-refractivity contribution in [2.75, 3.05) is 0 Å². The van der Waals surface area contributed by atoms with Crippen molar-refractivity contribution in [1.82, 2.24) is 4.57 Å². The Morgan fingerprint density at radius 1 is 0.429 bits per heavy atom. The lowest BCUT2D eigenvalue weighted by atomic mass is 9.91. The summed E-state index contributed by atoms with van der Waals surface area (Å²) in [6, 6.07) is 54.3. The van der Waals surface area contributed by atoms with Gasteiger partial charge in [-0.15, -0.1) is 0 Å². The van der Waals surface area contributed by atoms with Gasteiger partial charge in [0.05, 0.1) is 11.0 Å². The third-order valence-corrected chi connectivity index (χ3v) is 8.57. The van der Waals surface area contributed by atoms with Gasteiger partial charge in [-0.3, -0.25) is 0 Å². The van der Waals surface area contributed by atoms with E-state index in [-0.39, 0.29) is 0 Å². The highest BCUT2D eigenvalue weighted by atomic mass is 16.5. The summed E-state index contributed by atoms with van der Waals surface area (Å²) >= 11 is 0. The van der Waals surface area contributed by atoms with Crippen LogP contribution in [0.3, 0.4) is 0 Å². The second-order valence-corrected chi connectivity index (χ2v) is 10.9. The maximum absolute atomic E-state index is 6.36. The van der Waals surface area contributed by atoms with E-state index in [9.17, 15) is 0 Å². The van der Waals surface area contributed by atoms with E-state index in [0.29, 0.717) is 0 Å². The van der Waals surface area contributed by atoms with Gasteiger partial charge in [-0.05, 0) is 70.1 Å². The van der Waals surface area contributed by atoms with Gasteiger partial charge in [-0.2, -0.15) is 0 Å². The monoisotopic (exact) mass is 535 g/mol. The molecule has 2 heterocycles. The van der Waals surface area contributed by atoms with Crippen LogP contribution in [0.2, 0.25) is 0 Å². The van der Waals surface area contributed by atoms with Crippen LogP contribution in [0.4, 0.5) is 0 Å². The standard InChI is InChI=1S/C40H25NO/c1-2-14-30(15-3-1)41-36-20-5-4-16-32(36)34-19-9-17-31(40(34)41)29-13-6-12-27(24-29)28-22-23-37-35(25-28)33-18-7-10-26-11-8-21-38(42-37)39(26)33/h1-25H. The molecule has 0 spiro atoms. The molecule has 0 fully saturated rings. The molecule has 0 bridgehead atoms. The predicted octanol–water partition coefficient (Wildman–Crippen LogP) is 11.0. The number of ether oxygens (including phenoxy) is 1. The Morgan fingerprint density at radius 3 is 2.07 bits per heavy atom. The molecule has 0 saturated heterocycles. The summed E-state index contributed by atoms with van der Waals surface area (Å²) in [5.41, 5.74) is 10.7. The molecule has 0 radical (unpaired) electrons. The second-order valence-electron chi connectivity index (χ2n) is 10.9. The molecular formula is C40H25NO. The largest absolute Gasteiger partial charge is 0.456 e. The summed E-state index contributed by atoms with van der Waals surface area (Å²) in [6.07, 6.45) is 0. The number of hydrogen-bond acceptors (Lipinski definition) is 1. The van der Waals surface area contributed by atoms with Crippen LogP contribution in [0.5, 0.6) is 11.5 Å². The SMILES string of the molecule is c1ccc(-n2c3ccccc3c3cccc(-c4cccc(-c5ccc6c(c5)-c5cccc7cccc(c57)O6)c4)c32)cc1. The predicted molar refractivity (Wildman–Crippen MR) is 175 cm³/mol. The van der Waals surface area contributed by atoms with Crippen LogP contribution >= 0.6 is 0 Å². The first kappa shape index (κ1) is 23.1. The molecule has 0 aliphatic carbocycles. The molecule has 0 atom stereocenters. The number of fused-ring (bicyclic) bond motifs is 5. The van der Waals surface area contributed by atoms with E-state index in [1.54, 1.807) is 0 Å². The minimum absolute atomic E-state index is 0.901. The van der Waals surface area contributed by atoms with Crippen LogP contribution in [0, 0.1) is 0 Å². The molecule has 0 unspecified atom stereocenters. The van der Waals surface area contributed by atoms with E-state index in [1.165, 1.54) is 60.4 Å². The Bertz CT molecular complexity index is 2320. The van der Waals surface area contributed by atoms with E-state index < -0.39 is 0 Å². The highest BCUT2D eigenvalue weighted by molar-refractivity contribution is 6.14. The van der Waals surface area contributed by atoms with E-state index in [0.717, 1.165) is 22.7 Å². The fourth-order valence-corrected chi connectivity index (χ4v) is 6.71. The number of hydrogen-bond donors (Lipinski definition) is 0. The maximum atomic E-state index is 6.36. The van der Waals surface area contributed by atoms with Crippen molar-refractivity contribution in [2.24, 2.45) is 0 Å². The van der Waals surface area contributed by atoms with Crippen molar-refractivity contribution in [3.8, 4) is 50.6 Å². The molecule has 9 rings (SSSR count). The van der Waals surface area contributed by atoms with Gasteiger partial charge in [-0.1, -0.05) is 109 Å². The smallest absolute Gasteiger partial charge is 0.135 e. The molecular weight excluding hydrogens is 510 g/mol. The van der Waals surface area contributed by atoms with Crippen molar-refractivity contribution in [3.63, 3.8) is 0 Å². The lowest BCUT2D eigenvalue weighted by Crippen LogP contribution is -1.97. The Hall–Kier alpha value is -5.60. The van der Waals surface area contributed by atoms with Crippen molar-refractivity contribution in [2.45, 2.75) is 0 Å². The summed E-state index contributed by atoms with van der Waals surface area (Å²) in [5.74, 6) is 1.82. The molecule has 0 amide bonds. The first-order chi connectivity index (χ1) is 20.8. The Balaban J connectivity index is 1.24. The fourth-order valence-electron chi connectivity index (χ4n) is 6.71. The molecule has 8 aromatic rings. The maximum Gasteiger partial charge on any atom is 0.135 e. The minimum atomic E-state index is 0.901. The van der Waals surface area contributed by atoms with Gasteiger partial charge >= 0.3 is 0 Å². The van der Waals surface area contributed by atoms with Gasteiger partial charge in [0.2, 0.25) is 0 Å². The summed E-state index contributed by atoms with van der Waals surface area (Å²) in [5, 5.41) is 4.90. The zero-order valence-corrected chi connectivity index (χ0v) is 22.8. The normalized spacial score (nSPS) is 12.0. The van der Waals surface area contributed by atoms with Crippen molar-refractivity contribution in [3.05, 3.63) is 152 Å². The molecule has 0 N–H and O–H groups in total. The highest BCUT2D eigenvalue weighted by Gasteiger charge is 2.21. The van der Waals surface area contributed by atoms with Gasteiger partial charge in [0.1, 0.15) is 11.5 Å². The number of nitrogens with zero attached hydrogens (tertiary/aromatic N) is 1. The third kappa shape index (κ3) is 3.39. The average Bonchev–Trinajstić information content (AvgIpc) is 3.40. The summed E-state index contributed by atoms with van der Waals surface area (Å²) in [4.78, 5) is 0. The van der Waals surface area contributed by atoms with Crippen LogP contribution in [0.1, 0.15) is 0 Å². The van der Waals surface area contributed by atoms with Crippen molar-refractivity contribution >= 4 is 32.6 Å². The Labute approximate surface area is 243 Å². The van der Waals surface area contributed by atoms with Gasteiger partial charge in [-0.25, -0.2) is 0 Å². The van der Waals surface area contributed by atoms with Crippen molar-refractivity contribution in [1.29, 1.82) is 0 Å². The minimum Gasteiger partial charge on any atom is -0.456 e. The quantitative estimate of drug-likeness (QED) is 0.219. The van der Waals surface area contributed by atoms with E-state index in [4.69, 9.17) is 4.74 Å². The molecule has 7 aromatic carbocycles. The zero-order chi connectivity index (χ0) is 27.6. The third-order valence-electron chi connectivity index (χ3n) is 8.57. The van der Waals surface area contributed by atoms with E-state index >= 15 is 0 Å². The van der Waals surface area contributed by atoms with Crippen LogP contribution in [0.25, 0.3) is 71.6 Å². The topological polar surface area (TPSA) is 14.2 Å². The first-order valence-electron chi connectivity index (χ1n) is 14.4. The van der Waals surface area contributed by atoms with E-state index in [2.05, 4.69) is 156 Å². The summed E-state index contributed by atoms with van der Waals surface area (Å²) < 4.78 is 8.77. The molecule has 1 aromatic heterocycles. The lowest BCUT2D eigenvalue weighted by molar-refractivity contribution is 0.487. The molecule has 42 heavy (non-hydrogen) atoms. The Kier molecular flexibility index (Phi) is 4.93. The molecule has 1 aliphatic rings. The number of benzene rings is 7. The number of para-hydroxylation sites is 3. The van der Waals surface area contributed by atoms with Crippen LogP contribution < -0.4 is 4.74 Å². The van der Waals surface area contributed by atoms with Crippen LogP contribution in [0.15, 0.2) is 152 Å². The second kappa shape index (κ2) is 8.95. The zero-order valence-electron chi connectivity index (χ0n) is 22.8. The van der Waals surface area contributed by atoms with Crippen LogP contribution in [-0.2, 0) is 0 Å². The lowest BCUT2D eigenvalue weighted by Gasteiger charge is -2.22. The molecule has 0 saturated carbocycles. The molecule has 2 heteroatoms. The molecule has 1 aliphatic heterocycles. The van der Waals surface area contributed by atoms with Crippen molar-refractivity contribution < 1.29 is 4.74 Å². The Morgan fingerprint density at radius 2 is 1.14 bits per heavy atom. The van der Waals surface area contributed by atoms with E-state index in [1.807, 2.05) is 0 Å². The first-order valence-corrected chi connectivity index (χ1v) is 14.4. The molecule has 2 nitrogen and oxygen atoms in total. The van der Waals surface area contributed by atoms with Gasteiger partial charge in [0, 0.05) is 33.0 Å². The van der Waals surface area contributed by atoms with Gasteiger partial charge in [0.25, 0.3) is 0 Å². The fraction of sp³-hybridized carbons (Fsp3) is 0. The number of aromatic nitrogens is 1. The van der Waals surface area contributed by atoms with Gasteiger partial charge in [0.15, 0.2) is 0 Å².